The summed E-state index contributed by atoms with van der Waals surface area (Å²) in [5, 5.41) is 2.88. The van der Waals surface area contributed by atoms with Crippen LogP contribution in [0, 0.1) is 5.82 Å². The molecule has 0 bridgehead atoms. The van der Waals surface area contributed by atoms with Gasteiger partial charge in [-0.05, 0) is 46.1 Å². The van der Waals surface area contributed by atoms with Crippen LogP contribution < -0.4 is 21.5 Å². The van der Waals surface area contributed by atoms with Crippen LogP contribution in [0.25, 0.3) is 10.9 Å². The largest absolute Gasteiger partial charge is 0.444 e. The van der Waals surface area contributed by atoms with E-state index in [-0.39, 0.29) is 33.7 Å². The molecule has 1 aromatic heterocycles. The number of anilines is 1. The zero-order valence-corrected chi connectivity index (χ0v) is 17.8. The monoisotopic (exact) mass is 438 g/mol. The lowest BCUT2D eigenvalue weighted by Crippen LogP contribution is -2.40. The van der Waals surface area contributed by atoms with Gasteiger partial charge in [-0.15, -0.1) is 0 Å². The molecule has 162 valence electrons. The van der Waals surface area contributed by atoms with Crippen LogP contribution in [0.1, 0.15) is 46.1 Å². The van der Waals surface area contributed by atoms with E-state index in [1.165, 1.54) is 4.57 Å². The average Bonchev–Trinajstić information content (AvgIpc) is 3.34. The number of aromatic nitrogens is 2. The fourth-order valence-electron chi connectivity index (χ4n) is 3.86. The zero-order chi connectivity index (χ0) is 21.8. The first-order valence-corrected chi connectivity index (χ1v) is 10.3. The molecule has 0 spiro atoms. The predicted molar refractivity (Wildman–Crippen MR) is 112 cm³/mol. The molecule has 2 N–H and O–H groups in total. The Kier molecular flexibility index (Phi) is 5.04. The molecule has 1 amide bonds. The molecule has 2 aliphatic rings. The number of halogens is 2. The minimum absolute atomic E-state index is 0.0398. The number of amides is 1. The second-order valence-electron chi connectivity index (χ2n) is 8.86. The minimum Gasteiger partial charge on any atom is -0.444 e. The van der Waals surface area contributed by atoms with Crippen molar-refractivity contribution in [1.29, 1.82) is 0 Å². The fraction of sp³-hybridized carbons (Fsp3) is 0.550. The highest BCUT2D eigenvalue weighted by atomic mass is 35.5. The van der Waals surface area contributed by atoms with Crippen LogP contribution in [0.2, 0.25) is 5.02 Å². The van der Waals surface area contributed by atoms with Gasteiger partial charge >= 0.3 is 11.8 Å². The van der Waals surface area contributed by atoms with E-state index < -0.39 is 28.8 Å². The summed E-state index contributed by atoms with van der Waals surface area (Å²) in [6.07, 6.45) is 1.65. The number of aromatic amines is 1. The highest BCUT2D eigenvalue weighted by Gasteiger charge is 2.33. The number of hydrogen-bond acceptors (Lipinski definition) is 5. The number of hydrogen-bond donors (Lipinski definition) is 2. The van der Waals surface area contributed by atoms with Gasteiger partial charge in [0.25, 0.3) is 5.56 Å². The smallest absolute Gasteiger partial charge is 0.407 e. The molecule has 8 nitrogen and oxygen atoms in total. The molecular formula is C20H24ClFN4O4. The predicted octanol–water partition coefficient (Wildman–Crippen LogP) is 2.92. The van der Waals surface area contributed by atoms with Gasteiger partial charge in [-0.1, -0.05) is 11.6 Å². The molecule has 1 saturated carbocycles. The van der Waals surface area contributed by atoms with Crippen molar-refractivity contribution >= 4 is 34.3 Å². The fourth-order valence-corrected chi connectivity index (χ4v) is 4.26. The Morgan fingerprint density at radius 2 is 2.00 bits per heavy atom. The second-order valence-corrected chi connectivity index (χ2v) is 9.23. The lowest BCUT2D eigenvalue weighted by atomic mass is 10.2. The Morgan fingerprint density at radius 1 is 1.30 bits per heavy atom. The maximum Gasteiger partial charge on any atom is 0.407 e. The SMILES string of the molecule is CC(C)(C)OC(=O)N[C@H]1CCN(c2c(F)cc3c(=O)[nH]c(=O)n(C4CC4)c3c2Cl)C1. The van der Waals surface area contributed by atoms with Gasteiger partial charge < -0.3 is 15.0 Å². The highest BCUT2D eigenvalue weighted by molar-refractivity contribution is 6.38. The van der Waals surface area contributed by atoms with E-state index in [4.69, 9.17) is 16.3 Å². The summed E-state index contributed by atoms with van der Waals surface area (Å²) in [4.78, 5) is 40.6. The molecule has 10 heteroatoms. The highest BCUT2D eigenvalue weighted by Crippen LogP contribution is 2.41. The van der Waals surface area contributed by atoms with Crippen molar-refractivity contribution in [2.45, 2.75) is 57.7 Å². The molecule has 30 heavy (non-hydrogen) atoms. The van der Waals surface area contributed by atoms with Crippen LogP contribution >= 0.6 is 11.6 Å². The number of nitrogens with one attached hydrogen (secondary N) is 2. The van der Waals surface area contributed by atoms with Gasteiger partial charge in [-0.2, -0.15) is 0 Å². The Hall–Kier alpha value is -2.55. The number of benzene rings is 1. The maximum atomic E-state index is 15.0. The number of carbonyl (C=O) groups is 1. The summed E-state index contributed by atoms with van der Waals surface area (Å²) in [6.45, 7) is 6.12. The Morgan fingerprint density at radius 3 is 2.63 bits per heavy atom. The summed E-state index contributed by atoms with van der Waals surface area (Å²) < 4.78 is 21.7. The molecule has 1 aliphatic carbocycles. The molecule has 0 radical (unpaired) electrons. The normalized spacial score (nSPS) is 19.4. The van der Waals surface area contributed by atoms with Gasteiger partial charge in [0.2, 0.25) is 0 Å². The quantitative estimate of drug-likeness (QED) is 0.768. The third-order valence-electron chi connectivity index (χ3n) is 5.23. The molecule has 4 rings (SSSR count). The maximum absolute atomic E-state index is 15.0. The van der Waals surface area contributed by atoms with Crippen LogP contribution in [0.4, 0.5) is 14.9 Å². The summed E-state index contributed by atoms with van der Waals surface area (Å²) in [5.41, 5.74) is -1.43. The first kappa shape index (κ1) is 20.7. The van der Waals surface area contributed by atoms with Crippen LogP contribution in [-0.2, 0) is 4.74 Å². The second kappa shape index (κ2) is 7.30. The number of nitrogens with zero attached hydrogens (tertiary/aromatic N) is 2. The topological polar surface area (TPSA) is 96.4 Å². The van der Waals surface area contributed by atoms with Gasteiger partial charge in [0, 0.05) is 19.1 Å². The molecular weight excluding hydrogens is 415 g/mol. The lowest BCUT2D eigenvalue weighted by Gasteiger charge is -2.24. The van der Waals surface area contributed by atoms with Crippen LogP contribution in [0.15, 0.2) is 15.7 Å². The first-order chi connectivity index (χ1) is 14.0. The van der Waals surface area contributed by atoms with Crippen molar-refractivity contribution < 1.29 is 13.9 Å². The molecule has 1 aliphatic heterocycles. The first-order valence-electron chi connectivity index (χ1n) is 9.96. The lowest BCUT2D eigenvalue weighted by molar-refractivity contribution is 0.0509. The summed E-state index contributed by atoms with van der Waals surface area (Å²) in [5.74, 6) is -0.642. The van der Waals surface area contributed by atoms with Gasteiger partial charge in [0.05, 0.1) is 27.7 Å². The molecule has 2 heterocycles. The van der Waals surface area contributed by atoms with Gasteiger partial charge in [0.1, 0.15) is 11.4 Å². The van der Waals surface area contributed by atoms with Crippen LogP contribution in [-0.4, -0.2) is 40.4 Å². The summed E-state index contributed by atoms with van der Waals surface area (Å²) in [7, 11) is 0. The van der Waals surface area contributed by atoms with Crippen LogP contribution in [0.5, 0.6) is 0 Å². The number of rotatable bonds is 3. The van der Waals surface area contributed by atoms with Gasteiger partial charge in [-0.3, -0.25) is 14.3 Å². The molecule has 1 saturated heterocycles. The third kappa shape index (κ3) is 3.90. The van der Waals surface area contributed by atoms with Crippen molar-refractivity contribution in [3.05, 3.63) is 37.7 Å². The van der Waals surface area contributed by atoms with Crippen molar-refractivity contribution in [1.82, 2.24) is 14.9 Å². The Balaban J connectivity index is 1.67. The molecule has 1 atom stereocenters. The van der Waals surface area contributed by atoms with Crippen molar-refractivity contribution in [3.8, 4) is 0 Å². The standard InChI is InChI=1S/C20H24ClFN4O4/c1-20(2,3)30-19(29)23-10-6-7-25(9-10)16-13(22)8-12-15(14(16)21)26(11-4-5-11)18(28)24-17(12)27/h8,10-11H,4-7,9H2,1-3H3,(H,23,29)(H,24,27,28)/t10-/m0/s1. The number of ether oxygens (including phenoxy) is 1. The van der Waals surface area contributed by atoms with Crippen molar-refractivity contribution in [2.24, 2.45) is 0 Å². The van der Waals surface area contributed by atoms with E-state index in [2.05, 4.69) is 10.3 Å². The van der Waals surface area contributed by atoms with E-state index in [0.29, 0.717) is 19.5 Å². The zero-order valence-electron chi connectivity index (χ0n) is 17.1. The third-order valence-corrected chi connectivity index (χ3v) is 5.59. The van der Waals surface area contributed by atoms with Crippen LogP contribution in [0.3, 0.4) is 0 Å². The molecule has 2 fully saturated rings. The van der Waals surface area contributed by atoms with E-state index in [1.807, 2.05) is 0 Å². The van der Waals surface area contributed by atoms with Crippen molar-refractivity contribution in [2.75, 3.05) is 18.0 Å². The number of H-pyrrole nitrogens is 1. The van der Waals surface area contributed by atoms with E-state index >= 15 is 0 Å². The average molecular weight is 439 g/mol. The van der Waals surface area contributed by atoms with Gasteiger partial charge in [0.15, 0.2) is 0 Å². The van der Waals surface area contributed by atoms with E-state index in [9.17, 15) is 18.8 Å². The molecule has 2 aromatic rings. The summed E-state index contributed by atoms with van der Waals surface area (Å²) >= 11 is 6.58. The number of alkyl carbamates (subject to hydrolysis) is 1. The van der Waals surface area contributed by atoms with E-state index in [0.717, 1.165) is 18.9 Å². The molecule has 0 unspecified atom stereocenters. The molecule has 1 aromatic carbocycles. The number of fused-ring (bicyclic) bond motifs is 1. The summed E-state index contributed by atoms with van der Waals surface area (Å²) in [6, 6.07) is 0.839. The van der Waals surface area contributed by atoms with Crippen molar-refractivity contribution in [3.63, 3.8) is 0 Å². The Bertz CT molecular complexity index is 1130. The van der Waals surface area contributed by atoms with E-state index in [1.54, 1.807) is 25.7 Å². The van der Waals surface area contributed by atoms with Gasteiger partial charge in [-0.25, -0.2) is 14.0 Å². The number of carbonyl (C=O) groups excluding carboxylic acids is 1. The minimum atomic E-state index is -0.662. The Labute approximate surface area is 177 Å².